The van der Waals surface area contributed by atoms with Gasteiger partial charge in [0.05, 0.1) is 11.3 Å². The number of aryl methyl sites for hydroxylation is 2. The summed E-state index contributed by atoms with van der Waals surface area (Å²) in [6.07, 6.45) is 3.01. The second-order valence-corrected chi connectivity index (χ2v) is 4.19. The van der Waals surface area contributed by atoms with Gasteiger partial charge in [-0.1, -0.05) is 0 Å². The Morgan fingerprint density at radius 2 is 2.11 bits per heavy atom. The Labute approximate surface area is 111 Å². The van der Waals surface area contributed by atoms with E-state index in [0.717, 1.165) is 11.3 Å². The molecule has 4 N–H and O–H groups in total. The Hall–Kier alpha value is -2.47. The van der Waals surface area contributed by atoms with E-state index in [1.165, 1.54) is 6.20 Å². The van der Waals surface area contributed by atoms with Gasteiger partial charge in [0.15, 0.2) is 0 Å². The Kier molecular flexibility index (Phi) is 3.72. The van der Waals surface area contributed by atoms with E-state index in [1.54, 1.807) is 18.3 Å². The van der Waals surface area contributed by atoms with Crippen LogP contribution in [-0.2, 0) is 0 Å². The highest BCUT2D eigenvalue weighted by molar-refractivity contribution is 6.07. The maximum Gasteiger partial charge on any atom is 0.260 e. The van der Waals surface area contributed by atoms with Gasteiger partial charge in [0.1, 0.15) is 5.82 Å². The van der Waals surface area contributed by atoms with Crippen LogP contribution in [0, 0.1) is 13.8 Å². The smallest absolute Gasteiger partial charge is 0.260 e. The first-order chi connectivity index (χ1) is 9.10. The minimum absolute atomic E-state index is 0.307. The van der Waals surface area contributed by atoms with Crippen LogP contribution in [0.1, 0.15) is 21.6 Å². The molecule has 6 heteroatoms. The van der Waals surface area contributed by atoms with Crippen LogP contribution >= 0.6 is 0 Å². The molecule has 98 valence electrons. The summed E-state index contributed by atoms with van der Waals surface area (Å²) in [5.41, 5.74) is 5.22. The minimum Gasteiger partial charge on any atom is -0.323 e. The normalized spacial score (nSPS) is 10.1. The molecular formula is C13H15N5O. The summed E-state index contributed by atoms with van der Waals surface area (Å²) in [6.45, 7) is 3.82. The summed E-state index contributed by atoms with van der Waals surface area (Å²) in [6, 6.07) is 5.37. The van der Waals surface area contributed by atoms with Crippen LogP contribution < -0.4 is 16.6 Å². The molecule has 0 aromatic carbocycles. The number of carbonyl (C=O) groups is 1. The van der Waals surface area contributed by atoms with Gasteiger partial charge in [-0.3, -0.25) is 15.6 Å². The summed E-state index contributed by atoms with van der Waals surface area (Å²) < 4.78 is 0. The average Bonchev–Trinajstić information content (AvgIpc) is 2.37. The van der Waals surface area contributed by atoms with Crippen LogP contribution in [0.3, 0.4) is 0 Å². The molecule has 2 heterocycles. The lowest BCUT2D eigenvalue weighted by Gasteiger charge is -2.09. The molecule has 0 aliphatic rings. The largest absolute Gasteiger partial charge is 0.323 e. The predicted molar refractivity (Wildman–Crippen MR) is 73.7 cm³/mol. The van der Waals surface area contributed by atoms with E-state index in [9.17, 15) is 4.79 Å². The third-order valence-corrected chi connectivity index (χ3v) is 2.56. The number of rotatable bonds is 3. The molecule has 0 atom stereocenters. The van der Waals surface area contributed by atoms with Gasteiger partial charge in [0.2, 0.25) is 0 Å². The van der Waals surface area contributed by atoms with E-state index in [2.05, 4.69) is 20.7 Å². The highest BCUT2D eigenvalue weighted by Crippen LogP contribution is 2.15. The average molecular weight is 257 g/mol. The molecule has 0 unspecified atom stereocenters. The van der Waals surface area contributed by atoms with Gasteiger partial charge in [-0.05, 0) is 37.6 Å². The highest BCUT2D eigenvalue weighted by Gasteiger charge is 2.12. The number of pyridine rings is 2. The SMILES string of the molecule is Cc1cc(C)nc(NC(=O)c2cnccc2NN)c1. The number of aromatic nitrogens is 2. The fraction of sp³-hybridized carbons (Fsp3) is 0.154. The van der Waals surface area contributed by atoms with Crippen LogP contribution in [0.2, 0.25) is 0 Å². The first-order valence-corrected chi connectivity index (χ1v) is 5.77. The molecule has 0 saturated heterocycles. The molecule has 2 aromatic heterocycles. The zero-order chi connectivity index (χ0) is 13.8. The van der Waals surface area contributed by atoms with E-state index >= 15 is 0 Å². The second-order valence-electron chi connectivity index (χ2n) is 4.19. The first-order valence-electron chi connectivity index (χ1n) is 5.77. The highest BCUT2D eigenvalue weighted by atomic mass is 16.1. The van der Waals surface area contributed by atoms with E-state index < -0.39 is 0 Å². The number of hydrazine groups is 1. The number of hydrogen-bond donors (Lipinski definition) is 3. The molecule has 0 bridgehead atoms. The fourth-order valence-corrected chi connectivity index (χ4v) is 1.79. The maximum atomic E-state index is 12.1. The van der Waals surface area contributed by atoms with Crippen molar-refractivity contribution in [1.29, 1.82) is 0 Å². The monoisotopic (exact) mass is 257 g/mol. The van der Waals surface area contributed by atoms with Crippen molar-refractivity contribution >= 4 is 17.4 Å². The summed E-state index contributed by atoms with van der Waals surface area (Å²) in [5.74, 6) is 5.56. The summed E-state index contributed by atoms with van der Waals surface area (Å²) in [5, 5.41) is 2.73. The maximum absolute atomic E-state index is 12.1. The molecule has 0 saturated carbocycles. The molecular weight excluding hydrogens is 242 g/mol. The summed E-state index contributed by atoms with van der Waals surface area (Å²) in [4.78, 5) is 20.3. The Balaban J connectivity index is 2.25. The van der Waals surface area contributed by atoms with E-state index in [0.29, 0.717) is 17.1 Å². The number of nitrogens with one attached hydrogen (secondary N) is 2. The van der Waals surface area contributed by atoms with Crippen molar-refractivity contribution in [1.82, 2.24) is 9.97 Å². The topological polar surface area (TPSA) is 92.9 Å². The predicted octanol–water partition coefficient (Wildman–Crippen LogP) is 1.63. The molecule has 0 aliphatic carbocycles. The zero-order valence-electron chi connectivity index (χ0n) is 10.8. The van der Waals surface area contributed by atoms with Crippen LogP contribution in [0.25, 0.3) is 0 Å². The molecule has 0 spiro atoms. The van der Waals surface area contributed by atoms with Crippen LogP contribution in [-0.4, -0.2) is 15.9 Å². The molecule has 19 heavy (non-hydrogen) atoms. The number of anilines is 2. The zero-order valence-corrected chi connectivity index (χ0v) is 10.8. The van der Waals surface area contributed by atoms with Gasteiger partial charge in [-0.2, -0.15) is 0 Å². The van der Waals surface area contributed by atoms with E-state index in [1.807, 2.05) is 19.9 Å². The van der Waals surface area contributed by atoms with Gasteiger partial charge in [0.25, 0.3) is 5.91 Å². The van der Waals surface area contributed by atoms with E-state index in [4.69, 9.17) is 5.84 Å². The molecule has 1 amide bonds. The van der Waals surface area contributed by atoms with Crippen molar-refractivity contribution in [2.45, 2.75) is 13.8 Å². The third-order valence-electron chi connectivity index (χ3n) is 2.56. The van der Waals surface area contributed by atoms with Gasteiger partial charge in [-0.15, -0.1) is 0 Å². The fourth-order valence-electron chi connectivity index (χ4n) is 1.79. The van der Waals surface area contributed by atoms with Crippen molar-refractivity contribution in [2.75, 3.05) is 10.7 Å². The second kappa shape index (κ2) is 5.45. The number of hydrogen-bond acceptors (Lipinski definition) is 5. The Bertz CT molecular complexity index is 591. The standard InChI is InChI=1S/C13H15N5O/c1-8-5-9(2)16-12(6-8)17-13(19)10-7-15-4-3-11(10)18-14/h3-7H,14H2,1-2H3,(H,15,18)(H,16,17,19). The van der Waals surface area contributed by atoms with Gasteiger partial charge < -0.3 is 10.7 Å². The molecule has 0 fully saturated rings. The number of amides is 1. The first kappa shape index (κ1) is 13.0. The molecule has 2 rings (SSSR count). The third kappa shape index (κ3) is 3.05. The number of carbonyl (C=O) groups excluding carboxylic acids is 1. The number of nitrogens with zero attached hydrogens (tertiary/aromatic N) is 2. The van der Waals surface area contributed by atoms with E-state index in [-0.39, 0.29) is 5.91 Å². The van der Waals surface area contributed by atoms with Crippen LogP contribution in [0.4, 0.5) is 11.5 Å². The summed E-state index contributed by atoms with van der Waals surface area (Å²) in [7, 11) is 0. The van der Waals surface area contributed by atoms with Gasteiger partial charge >= 0.3 is 0 Å². The summed E-state index contributed by atoms with van der Waals surface area (Å²) >= 11 is 0. The van der Waals surface area contributed by atoms with Crippen molar-refractivity contribution in [2.24, 2.45) is 5.84 Å². The molecule has 2 aromatic rings. The quantitative estimate of drug-likeness (QED) is 0.574. The molecule has 0 aliphatic heterocycles. The molecule has 0 radical (unpaired) electrons. The van der Waals surface area contributed by atoms with Gasteiger partial charge in [-0.25, -0.2) is 4.98 Å². The van der Waals surface area contributed by atoms with Crippen molar-refractivity contribution in [3.8, 4) is 0 Å². The Morgan fingerprint density at radius 3 is 2.79 bits per heavy atom. The van der Waals surface area contributed by atoms with Crippen LogP contribution in [0.5, 0.6) is 0 Å². The molecule has 6 nitrogen and oxygen atoms in total. The van der Waals surface area contributed by atoms with Crippen molar-refractivity contribution in [3.05, 3.63) is 47.4 Å². The van der Waals surface area contributed by atoms with Crippen molar-refractivity contribution in [3.63, 3.8) is 0 Å². The lowest BCUT2D eigenvalue weighted by molar-refractivity contribution is 0.102. The minimum atomic E-state index is -0.307. The Morgan fingerprint density at radius 1 is 1.32 bits per heavy atom. The van der Waals surface area contributed by atoms with Gasteiger partial charge in [0, 0.05) is 18.1 Å². The number of nitrogens with two attached hydrogens (primary N) is 1. The van der Waals surface area contributed by atoms with Crippen LogP contribution in [0.15, 0.2) is 30.6 Å². The lowest BCUT2D eigenvalue weighted by atomic mass is 10.2. The number of nitrogen functional groups attached to an aromatic ring is 1. The van der Waals surface area contributed by atoms with Crippen molar-refractivity contribution < 1.29 is 4.79 Å². The lowest BCUT2D eigenvalue weighted by Crippen LogP contribution is -2.18.